The number of anilines is 2. The van der Waals surface area contributed by atoms with E-state index in [0.717, 1.165) is 28.2 Å². The van der Waals surface area contributed by atoms with E-state index in [4.69, 9.17) is 0 Å². The normalized spacial score (nSPS) is 11.2. The summed E-state index contributed by atoms with van der Waals surface area (Å²) in [6.07, 6.45) is 2.06. The van der Waals surface area contributed by atoms with E-state index in [1.807, 2.05) is 38.2 Å². The summed E-state index contributed by atoms with van der Waals surface area (Å²) in [5.41, 5.74) is 3.99. The first-order valence-corrected chi connectivity index (χ1v) is 7.25. The maximum atomic E-state index is 4.59. The van der Waals surface area contributed by atoms with Crippen LogP contribution in [0.25, 0.3) is 21.9 Å². The fraction of sp³-hybridized carbons (Fsp3) is 0.111. The van der Waals surface area contributed by atoms with Crippen LogP contribution < -0.4 is 5.32 Å². The Hall–Kier alpha value is -2.88. The smallest absolute Gasteiger partial charge is 0.161 e. The second kappa shape index (κ2) is 4.84. The lowest BCUT2D eigenvalue weighted by Gasteiger charge is -2.07. The van der Waals surface area contributed by atoms with Crippen molar-refractivity contribution in [3.63, 3.8) is 0 Å². The minimum absolute atomic E-state index is 0.769. The molecule has 0 fully saturated rings. The number of hydrogen-bond acceptors (Lipinski definition) is 3. The Morgan fingerprint density at radius 2 is 1.77 bits per heavy atom. The number of nitrogens with zero attached hydrogens (tertiary/aromatic N) is 3. The van der Waals surface area contributed by atoms with Crippen LogP contribution >= 0.6 is 0 Å². The summed E-state index contributed by atoms with van der Waals surface area (Å²) in [6.45, 7) is 1.98. The molecule has 4 nitrogen and oxygen atoms in total. The number of aromatic nitrogens is 3. The standard InChI is InChI=1S/C18H16N4/c1-12-3-4-13-5-8-17(21-18(13)19-12)20-15-6-7-16-14(11-15)9-10-22(16)2/h3-11H,1-2H3,(H,19,20,21). The van der Waals surface area contributed by atoms with E-state index in [-0.39, 0.29) is 0 Å². The van der Waals surface area contributed by atoms with Gasteiger partial charge in [-0.3, -0.25) is 0 Å². The molecule has 0 amide bonds. The zero-order chi connectivity index (χ0) is 15.1. The molecule has 22 heavy (non-hydrogen) atoms. The van der Waals surface area contributed by atoms with Gasteiger partial charge in [-0.05, 0) is 55.5 Å². The van der Waals surface area contributed by atoms with Gasteiger partial charge in [0.25, 0.3) is 0 Å². The molecular weight excluding hydrogens is 272 g/mol. The SMILES string of the molecule is Cc1ccc2ccc(Nc3ccc4c(ccn4C)c3)nc2n1. The van der Waals surface area contributed by atoms with Crippen molar-refractivity contribution in [2.45, 2.75) is 6.92 Å². The second-order valence-electron chi connectivity index (χ2n) is 5.52. The first kappa shape index (κ1) is 12.8. The number of nitrogens with one attached hydrogen (secondary N) is 1. The topological polar surface area (TPSA) is 42.7 Å². The predicted molar refractivity (Wildman–Crippen MR) is 90.5 cm³/mol. The van der Waals surface area contributed by atoms with Gasteiger partial charge in [-0.25, -0.2) is 9.97 Å². The van der Waals surface area contributed by atoms with Gasteiger partial charge < -0.3 is 9.88 Å². The molecule has 4 aromatic rings. The molecule has 4 heteroatoms. The molecule has 0 spiro atoms. The average molecular weight is 288 g/mol. The van der Waals surface area contributed by atoms with Gasteiger partial charge in [0.2, 0.25) is 0 Å². The summed E-state index contributed by atoms with van der Waals surface area (Å²) in [6, 6.07) is 16.5. The van der Waals surface area contributed by atoms with E-state index in [1.165, 1.54) is 10.9 Å². The Kier molecular flexibility index (Phi) is 2.82. The Bertz CT molecular complexity index is 985. The predicted octanol–water partition coefficient (Wildman–Crippen LogP) is 4.17. The number of fused-ring (bicyclic) bond motifs is 2. The van der Waals surface area contributed by atoms with Crippen molar-refractivity contribution in [1.82, 2.24) is 14.5 Å². The third-order valence-electron chi connectivity index (χ3n) is 3.85. The maximum absolute atomic E-state index is 4.59. The molecule has 0 aliphatic rings. The Morgan fingerprint density at radius 1 is 0.909 bits per heavy atom. The minimum atomic E-state index is 0.769. The van der Waals surface area contributed by atoms with Crippen molar-refractivity contribution in [2.75, 3.05) is 5.32 Å². The van der Waals surface area contributed by atoms with Crippen LogP contribution in [0.15, 0.2) is 54.7 Å². The largest absolute Gasteiger partial charge is 0.351 e. The first-order chi connectivity index (χ1) is 10.7. The quantitative estimate of drug-likeness (QED) is 0.602. The number of rotatable bonds is 2. The van der Waals surface area contributed by atoms with Gasteiger partial charge in [-0.1, -0.05) is 0 Å². The molecule has 0 unspecified atom stereocenters. The van der Waals surface area contributed by atoms with E-state index >= 15 is 0 Å². The lowest BCUT2D eigenvalue weighted by atomic mass is 10.2. The highest BCUT2D eigenvalue weighted by Crippen LogP contribution is 2.23. The Balaban J connectivity index is 1.71. The lowest BCUT2D eigenvalue weighted by Crippen LogP contribution is -1.95. The van der Waals surface area contributed by atoms with Crippen molar-refractivity contribution < 1.29 is 0 Å². The van der Waals surface area contributed by atoms with Crippen molar-refractivity contribution in [2.24, 2.45) is 7.05 Å². The van der Waals surface area contributed by atoms with Crippen LogP contribution in [0.3, 0.4) is 0 Å². The molecule has 0 saturated carbocycles. The lowest BCUT2D eigenvalue weighted by molar-refractivity contribution is 0.969. The van der Waals surface area contributed by atoms with Crippen LogP contribution in [0.1, 0.15) is 5.69 Å². The maximum Gasteiger partial charge on any atom is 0.161 e. The number of hydrogen-bond donors (Lipinski definition) is 1. The molecular formula is C18H16N4. The summed E-state index contributed by atoms with van der Waals surface area (Å²) in [4.78, 5) is 9.07. The van der Waals surface area contributed by atoms with E-state index < -0.39 is 0 Å². The van der Waals surface area contributed by atoms with E-state index in [1.54, 1.807) is 0 Å². The molecule has 108 valence electrons. The van der Waals surface area contributed by atoms with Gasteiger partial charge >= 0.3 is 0 Å². The number of aryl methyl sites for hydroxylation is 2. The molecule has 4 rings (SSSR count). The second-order valence-corrected chi connectivity index (χ2v) is 5.52. The molecule has 0 saturated heterocycles. The molecule has 0 bridgehead atoms. The molecule has 0 atom stereocenters. The van der Waals surface area contributed by atoms with Gasteiger partial charge in [0, 0.05) is 40.9 Å². The average Bonchev–Trinajstić information content (AvgIpc) is 2.88. The van der Waals surface area contributed by atoms with Crippen LogP contribution in [0.4, 0.5) is 11.5 Å². The van der Waals surface area contributed by atoms with Crippen molar-refractivity contribution in [3.05, 3.63) is 60.4 Å². The van der Waals surface area contributed by atoms with E-state index in [2.05, 4.69) is 50.3 Å². The van der Waals surface area contributed by atoms with Gasteiger partial charge in [-0.2, -0.15) is 0 Å². The molecule has 0 radical (unpaired) electrons. The van der Waals surface area contributed by atoms with E-state index in [0.29, 0.717) is 0 Å². The summed E-state index contributed by atoms with van der Waals surface area (Å²) in [5.74, 6) is 0.806. The highest BCUT2D eigenvalue weighted by Gasteiger charge is 2.03. The summed E-state index contributed by atoms with van der Waals surface area (Å²) in [7, 11) is 2.05. The van der Waals surface area contributed by atoms with E-state index in [9.17, 15) is 0 Å². The first-order valence-electron chi connectivity index (χ1n) is 7.25. The van der Waals surface area contributed by atoms with Crippen LogP contribution in [0, 0.1) is 6.92 Å². The summed E-state index contributed by atoms with van der Waals surface area (Å²) >= 11 is 0. The van der Waals surface area contributed by atoms with Gasteiger partial charge in [-0.15, -0.1) is 0 Å². The molecule has 1 aromatic carbocycles. The van der Waals surface area contributed by atoms with Gasteiger partial charge in [0.15, 0.2) is 5.65 Å². The van der Waals surface area contributed by atoms with Gasteiger partial charge in [0.1, 0.15) is 5.82 Å². The Labute approximate surface area is 128 Å². The Morgan fingerprint density at radius 3 is 2.68 bits per heavy atom. The highest BCUT2D eigenvalue weighted by molar-refractivity contribution is 5.85. The fourth-order valence-corrected chi connectivity index (χ4v) is 2.67. The third kappa shape index (κ3) is 2.19. The molecule has 3 heterocycles. The van der Waals surface area contributed by atoms with Crippen LogP contribution in [-0.4, -0.2) is 14.5 Å². The van der Waals surface area contributed by atoms with Gasteiger partial charge in [0.05, 0.1) is 0 Å². The fourth-order valence-electron chi connectivity index (χ4n) is 2.67. The monoisotopic (exact) mass is 288 g/mol. The summed E-state index contributed by atoms with van der Waals surface area (Å²) < 4.78 is 2.11. The van der Waals surface area contributed by atoms with Crippen molar-refractivity contribution in [1.29, 1.82) is 0 Å². The minimum Gasteiger partial charge on any atom is -0.351 e. The number of benzene rings is 1. The van der Waals surface area contributed by atoms with Crippen LogP contribution in [0.5, 0.6) is 0 Å². The zero-order valence-corrected chi connectivity index (χ0v) is 12.5. The molecule has 1 N–H and O–H groups in total. The molecule has 0 aliphatic heterocycles. The zero-order valence-electron chi connectivity index (χ0n) is 12.5. The van der Waals surface area contributed by atoms with Crippen LogP contribution in [0.2, 0.25) is 0 Å². The third-order valence-corrected chi connectivity index (χ3v) is 3.85. The number of pyridine rings is 2. The van der Waals surface area contributed by atoms with Crippen LogP contribution in [-0.2, 0) is 7.05 Å². The van der Waals surface area contributed by atoms with Crippen molar-refractivity contribution in [3.8, 4) is 0 Å². The molecule has 3 aromatic heterocycles. The highest BCUT2D eigenvalue weighted by atomic mass is 15.0. The summed E-state index contributed by atoms with van der Waals surface area (Å²) in [5, 5.41) is 5.62. The van der Waals surface area contributed by atoms with Crippen molar-refractivity contribution >= 4 is 33.4 Å². The molecule has 0 aliphatic carbocycles.